The molecule has 7 heteroatoms. The summed E-state index contributed by atoms with van der Waals surface area (Å²) in [5, 5.41) is 13.4. The van der Waals surface area contributed by atoms with Crippen LogP contribution in [0.25, 0.3) is 11.1 Å². The molecule has 0 bridgehead atoms. The summed E-state index contributed by atoms with van der Waals surface area (Å²) in [6, 6.07) is 20.6. The van der Waals surface area contributed by atoms with Crippen LogP contribution in [-0.4, -0.2) is 46.8 Å². The van der Waals surface area contributed by atoms with Gasteiger partial charge in [0, 0.05) is 42.8 Å². The number of amides is 1. The Morgan fingerprint density at radius 3 is 2.51 bits per heavy atom. The van der Waals surface area contributed by atoms with Crippen LogP contribution in [0.15, 0.2) is 71.5 Å². The van der Waals surface area contributed by atoms with Crippen LogP contribution < -0.4 is 15.6 Å². The van der Waals surface area contributed by atoms with Gasteiger partial charge in [0.25, 0.3) is 5.56 Å². The number of rotatable bonds is 7. The smallest absolute Gasteiger partial charge is 0.258 e. The molecule has 2 aliphatic rings. The molecule has 0 unspecified atom stereocenters. The van der Waals surface area contributed by atoms with Crippen molar-refractivity contribution in [1.82, 2.24) is 14.8 Å². The summed E-state index contributed by atoms with van der Waals surface area (Å²) in [7, 11) is 1.60. The Labute approximate surface area is 205 Å². The van der Waals surface area contributed by atoms with E-state index in [9.17, 15) is 14.7 Å². The first-order valence-corrected chi connectivity index (χ1v) is 12.1. The number of aromatic nitrogens is 1. The minimum atomic E-state index is -0.443. The van der Waals surface area contributed by atoms with Crippen LogP contribution in [0.5, 0.6) is 5.75 Å². The third-order valence-electron chi connectivity index (χ3n) is 7.53. The third-order valence-corrected chi connectivity index (χ3v) is 7.53. The average Bonchev–Trinajstić information content (AvgIpc) is 3.43. The van der Waals surface area contributed by atoms with Gasteiger partial charge in [0.15, 0.2) is 0 Å². The largest absolute Gasteiger partial charge is 0.496 e. The van der Waals surface area contributed by atoms with E-state index in [2.05, 4.69) is 10.2 Å². The highest BCUT2D eigenvalue weighted by atomic mass is 16.5. The predicted octanol–water partition coefficient (Wildman–Crippen LogP) is 2.82. The first-order valence-electron chi connectivity index (χ1n) is 12.1. The van der Waals surface area contributed by atoms with E-state index in [0.29, 0.717) is 30.9 Å². The standard InChI is InChI=1S/C28H31N3O4/c1-3-30-25-21(22(17-32)26(30)27(33)29-15-18-9-5-4-6-10-18)16-31-23(25)14-13-20(28(31)34)19-11-7-8-12-24(19)35-2/h4-14,21-22,25-26,32H,3,15-17H2,1-2H3,(H,29,33)/t21-,22-,25+,26-/m1/s1. The van der Waals surface area contributed by atoms with Gasteiger partial charge in [0.1, 0.15) is 5.75 Å². The fraction of sp³-hybridized carbons (Fsp3) is 0.357. The summed E-state index contributed by atoms with van der Waals surface area (Å²) in [4.78, 5) is 29.0. The van der Waals surface area contributed by atoms with E-state index in [-0.39, 0.29) is 36.0 Å². The fourth-order valence-electron chi connectivity index (χ4n) is 5.94. The minimum Gasteiger partial charge on any atom is -0.496 e. The maximum absolute atomic E-state index is 13.6. The van der Waals surface area contributed by atoms with Crippen molar-refractivity contribution >= 4 is 5.91 Å². The second kappa shape index (κ2) is 9.68. The molecular weight excluding hydrogens is 442 g/mol. The first kappa shape index (κ1) is 23.3. The number of nitrogens with zero attached hydrogens (tertiary/aromatic N) is 2. The minimum absolute atomic E-state index is 0.0203. The molecule has 2 aromatic carbocycles. The van der Waals surface area contributed by atoms with E-state index < -0.39 is 6.04 Å². The van der Waals surface area contributed by atoms with Crippen LogP contribution >= 0.6 is 0 Å². The summed E-state index contributed by atoms with van der Waals surface area (Å²) in [6.45, 7) is 3.48. The van der Waals surface area contributed by atoms with Gasteiger partial charge >= 0.3 is 0 Å². The van der Waals surface area contributed by atoms with E-state index >= 15 is 0 Å². The zero-order valence-corrected chi connectivity index (χ0v) is 20.1. The highest BCUT2D eigenvalue weighted by Crippen LogP contribution is 2.49. The first-order chi connectivity index (χ1) is 17.1. The summed E-state index contributed by atoms with van der Waals surface area (Å²) in [6.07, 6.45) is 0. The molecule has 1 saturated heterocycles. The number of aliphatic hydroxyl groups excluding tert-OH is 1. The Bertz CT molecular complexity index is 1270. The van der Waals surface area contributed by atoms with Crippen molar-refractivity contribution in [3.05, 3.63) is 88.3 Å². The van der Waals surface area contributed by atoms with E-state index in [1.165, 1.54) is 0 Å². The molecule has 1 amide bonds. The number of aliphatic hydroxyl groups is 1. The van der Waals surface area contributed by atoms with Crippen molar-refractivity contribution in [2.24, 2.45) is 11.8 Å². The van der Waals surface area contributed by atoms with Crippen LogP contribution in [-0.2, 0) is 17.9 Å². The average molecular weight is 474 g/mol. The molecule has 3 heterocycles. The molecule has 1 aromatic heterocycles. The number of likely N-dealkylation sites (N-methyl/N-ethyl adjacent to an activating group) is 1. The van der Waals surface area contributed by atoms with Crippen molar-refractivity contribution in [2.45, 2.75) is 32.1 Å². The SMILES string of the molecule is CCN1[C@@H]2c3ccc(-c4ccccc4OC)c(=O)n3C[C@@H]2[C@@H](CO)[C@@H]1C(=O)NCc1ccccc1. The second-order valence-corrected chi connectivity index (χ2v) is 9.22. The number of nitrogens with one attached hydrogen (secondary N) is 1. The maximum Gasteiger partial charge on any atom is 0.258 e. The molecule has 3 aromatic rings. The van der Waals surface area contributed by atoms with Crippen molar-refractivity contribution < 1.29 is 14.6 Å². The van der Waals surface area contributed by atoms with Crippen molar-refractivity contribution in [3.8, 4) is 16.9 Å². The quantitative estimate of drug-likeness (QED) is 0.551. The monoisotopic (exact) mass is 473 g/mol. The lowest BCUT2D eigenvalue weighted by Gasteiger charge is -2.29. The van der Waals surface area contributed by atoms with Gasteiger partial charge in [-0.2, -0.15) is 0 Å². The number of para-hydroxylation sites is 1. The Morgan fingerprint density at radius 1 is 1.06 bits per heavy atom. The number of carbonyl (C=O) groups excluding carboxylic acids is 1. The Kier molecular flexibility index (Phi) is 6.45. The molecule has 182 valence electrons. The second-order valence-electron chi connectivity index (χ2n) is 9.22. The number of fused-ring (bicyclic) bond motifs is 3. The Balaban J connectivity index is 1.46. The molecule has 0 saturated carbocycles. The highest BCUT2D eigenvalue weighted by Gasteiger charge is 2.55. The topological polar surface area (TPSA) is 83.8 Å². The van der Waals surface area contributed by atoms with Gasteiger partial charge in [0.2, 0.25) is 5.91 Å². The van der Waals surface area contributed by atoms with Gasteiger partial charge in [0.05, 0.1) is 24.8 Å². The molecule has 0 spiro atoms. The van der Waals surface area contributed by atoms with Crippen LogP contribution in [0.3, 0.4) is 0 Å². The number of likely N-dealkylation sites (tertiary alicyclic amines) is 1. The Hall–Kier alpha value is -3.42. The van der Waals surface area contributed by atoms with Gasteiger partial charge in [-0.25, -0.2) is 0 Å². The number of methoxy groups -OCH3 is 1. The summed E-state index contributed by atoms with van der Waals surface area (Å²) in [5.74, 6) is 0.295. The lowest BCUT2D eigenvalue weighted by atomic mass is 9.88. The normalized spacial score (nSPS) is 23.1. The number of pyridine rings is 1. The number of hydrogen-bond donors (Lipinski definition) is 2. The van der Waals surface area contributed by atoms with Crippen LogP contribution in [0.4, 0.5) is 0 Å². The predicted molar refractivity (Wildman–Crippen MR) is 134 cm³/mol. The molecule has 2 N–H and O–H groups in total. The fourth-order valence-corrected chi connectivity index (χ4v) is 5.94. The molecule has 2 aliphatic heterocycles. The van der Waals surface area contributed by atoms with Gasteiger partial charge in [-0.3, -0.25) is 14.5 Å². The zero-order valence-electron chi connectivity index (χ0n) is 20.1. The van der Waals surface area contributed by atoms with Gasteiger partial charge < -0.3 is 19.7 Å². The number of ether oxygens (including phenoxy) is 1. The molecule has 5 rings (SSSR count). The van der Waals surface area contributed by atoms with Crippen molar-refractivity contribution in [2.75, 3.05) is 20.3 Å². The van der Waals surface area contributed by atoms with E-state index in [0.717, 1.165) is 16.8 Å². The molecule has 1 fully saturated rings. The van der Waals surface area contributed by atoms with Crippen molar-refractivity contribution in [3.63, 3.8) is 0 Å². The lowest BCUT2D eigenvalue weighted by molar-refractivity contribution is -0.127. The molecule has 0 radical (unpaired) electrons. The molecule has 35 heavy (non-hydrogen) atoms. The number of hydrogen-bond acceptors (Lipinski definition) is 5. The van der Waals surface area contributed by atoms with E-state index in [4.69, 9.17) is 4.74 Å². The highest BCUT2D eigenvalue weighted by molar-refractivity contribution is 5.83. The molecule has 4 atom stereocenters. The number of carbonyl (C=O) groups is 1. The van der Waals surface area contributed by atoms with Gasteiger partial charge in [-0.05, 0) is 30.3 Å². The third kappa shape index (κ3) is 3.94. The van der Waals surface area contributed by atoms with Crippen LogP contribution in [0.1, 0.15) is 24.2 Å². The zero-order chi connectivity index (χ0) is 24.5. The van der Waals surface area contributed by atoms with Crippen LogP contribution in [0, 0.1) is 11.8 Å². The van der Waals surface area contributed by atoms with Crippen LogP contribution in [0.2, 0.25) is 0 Å². The van der Waals surface area contributed by atoms with E-state index in [1.54, 1.807) is 7.11 Å². The van der Waals surface area contributed by atoms with Gasteiger partial charge in [-0.1, -0.05) is 55.5 Å². The van der Waals surface area contributed by atoms with E-state index in [1.807, 2.05) is 78.2 Å². The lowest BCUT2D eigenvalue weighted by Crippen LogP contribution is -2.48. The number of benzene rings is 2. The molecule has 7 nitrogen and oxygen atoms in total. The summed E-state index contributed by atoms with van der Waals surface area (Å²) in [5.41, 5.74) is 3.21. The Morgan fingerprint density at radius 2 is 1.80 bits per heavy atom. The molecule has 0 aliphatic carbocycles. The molecular formula is C28H31N3O4. The summed E-state index contributed by atoms with van der Waals surface area (Å²) < 4.78 is 7.30. The van der Waals surface area contributed by atoms with Gasteiger partial charge in [-0.15, -0.1) is 0 Å². The summed E-state index contributed by atoms with van der Waals surface area (Å²) >= 11 is 0. The maximum atomic E-state index is 13.6. The van der Waals surface area contributed by atoms with Crippen molar-refractivity contribution in [1.29, 1.82) is 0 Å².